The van der Waals surface area contributed by atoms with Crippen LogP contribution in [-0.2, 0) is 47.6 Å². The molecule has 0 bridgehead atoms. The van der Waals surface area contributed by atoms with Gasteiger partial charge in [0, 0.05) is 67.3 Å². The summed E-state index contributed by atoms with van der Waals surface area (Å²) in [6.45, 7) is 15.7. The van der Waals surface area contributed by atoms with Gasteiger partial charge in [0.15, 0.2) is 0 Å². The second kappa shape index (κ2) is 31.4. The summed E-state index contributed by atoms with van der Waals surface area (Å²) in [6, 6.07) is -1.45. The van der Waals surface area contributed by atoms with E-state index in [0.717, 1.165) is 39.1 Å². The van der Waals surface area contributed by atoms with Gasteiger partial charge in [0.1, 0.15) is 0 Å². The number of hydrogen-bond donors (Lipinski definition) is 3. The van der Waals surface area contributed by atoms with Gasteiger partial charge in [-0.05, 0) is 88.4 Å². The first-order valence-electron chi connectivity index (χ1n) is 21.0. The predicted molar refractivity (Wildman–Crippen MR) is 224 cm³/mol. The zero-order valence-electron chi connectivity index (χ0n) is 37.4. The fourth-order valence-corrected chi connectivity index (χ4v) is 7.08. The second-order valence-electron chi connectivity index (χ2n) is 15.0. The number of carboxylic acids is 1. The lowest BCUT2D eigenvalue weighted by Crippen LogP contribution is -2.60. The van der Waals surface area contributed by atoms with Crippen molar-refractivity contribution in [2.24, 2.45) is 22.1 Å². The summed E-state index contributed by atoms with van der Waals surface area (Å²) >= 11 is 0. The minimum atomic E-state index is -5.08. The van der Waals surface area contributed by atoms with E-state index in [-0.39, 0.29) is 54.9 Å². The number of amides is 1. The molecule has 8 atom stereocenters. The van der Waals surface area contributed by atoms with Gasteiger partial charge in [0.05, 0.1) is 63.9 Å². The first-order valence-corrected chi connectivity index (χ1v) is 21.0. The summed E-state index contributed by atoms with van der Waals surface area (Å²) in [5, 5.41) is 21.0. The first-order chi connectivity index (χ1) is 30.0. The van der Waals surface area contributed by atoms with Crippen LogP contribution >= 0.6 is 0 Å². The Morgan fingerprint density at radius 2 is 1.40 bits per heavy atom. The lowest BCUT2D eigenvalue weighted by atomic mass is 9.79. The smallest absolute Gasteiger partial charge is 0.475 e. The molecule has 2 saturated heterocycles. The van der Waals surface area contributed by atoms with Crippen LogP contribution in [0.5, 0.6) is 0 Å². The fraction of sp³-hybridized carbons (Fsp3) is 0.800. The summed E-state index contributed by atoms with van der Waals surface area (Å²) in [5.74, 6) is -3.19. The Labute approximate surface area is 366 Å². The molecule has 4 rings (SSSR count). The van der Waals surface area contributed by atoms with E-state index in [0.29, 0.717) is 56.6 Å². The monoisotopic (exact) mass is 905 g/mol. The largest absolute Gasteiger partial charge is 0.490 e. The zero-order valence-corrected chi connectivity index (χ0v) is 37.4. The van der Waals surface area contributed by atoms with E-state index in [4.69, 9.17) is 49.4 Å². The molecule has 63 heavy (non-hydrogen) atoms. The number of hydrogen-bond acceptors (Lipinski definition) is 14. The molecule has 0 spiro atoms. The highest BCUT2D eigenvalue weighted by molar-refractivity contribution is 5.89. The Kier molecular flexibility index (Phi) is 28.2. The molecule has 0 aromatic rings. The molecule has 358 valence electrons. The van der Waals surface area contributed by atoms with E-state index in [2.05, 4.69) is 35.6 Å². The normalized spacial score (nSPS) is 25.7. The molecular formula is C40H66F3N9O11. The van der Waals surface area contributed by atoms with Gasteiger partial charge in [-0.15, -0.1) is 0 Å². The van der Waals surface area contributed by atoms with E-state index in [1.807, 2.05) is 26.0 Å². The zero-order chi connectivity index (χ0) is 47.4. The van der Waals surface area contributed by atoms with E-state index in [9.17, 15) is 27.6 Å². The maximum absolute atomic E-state index is 12.4. The number of esters is 2. The van der Waals surface area contributed by atoms with Gasteiger partial charge in [-0.1, -0.05) is 36.2 Å². The highest BCUT2D eigenvalue weighted by Gasteiger charge is 2.40. The fourth-order valence-electron chi connectivity index (χ4n) is 7.08. The molecule has 1 amide bonds. The standard InChI is InChI=1S/C19H31N5O5.C11H17N3O2.C8H17NO2.C2HF3O2/c1-4-28-19(26)14-10-16(22-23-20)18(21-13(2)25)17(11-14)24-7-5-6-15(12-24)29-9-8-27-3;1-4-16-11(15)9-5-7(2)8(3)10(6-9)13-14-12;1-10-5-6-11-8-3-2-4-9-7-8;3-2(4,5)1(6)7/h11,15-18H,4-10,12H2,1-3H3,(H,21,25);5,7-8,10H,4,6H2,1-3H3;8-9H,2-7H2,1H3;(H,6,7)/t15-,16-,17+,18+;7-,8+,10+;8-;/m010./s1. The number of aliphatic carboxylic acids is 1. The molecule has 2 aliphatic heterocycles. The highest BCUT2D eigenvalue weighted by atomic mass is 19.4. The molecular weight excluding hydrogens is 839 g/mol. The van der Waals surface area contributed by atoms with Crippen LogP contribution < -0.4 is 10.6 Å². The summed E-state index contributed by atoms with van der Waals surface area (Å²) in [6.07, 6.45) is 4.14. The number of azide groups is 2. The number of methoxy groups -OCH3 is 2. The molecule has 2 heterocycles. The average Bonchev–Trinajstić information content (AvgIpc) is 3.24. The van der Waals surface area contributed by atoms with Crippen molar-refractivity contribution in [1.29, 1.82) is 0 Å². The Bertz CT molecular complexity index is 1570. The number of carbonyl (C=O) groups excluding carboxylic acids is 3. The maximum atomic E-state index is 12.4. The molecule has 0 unspecified atom stereocenters. The van der Waals surface area contributed by atoms with Crippen LogP contribution in [0, 0.1) is 11.8 Å². The van der Waals surface area contributed by atoms with Crippen LogP contribution in [0.25, 0.3) is 20.9 Å². The van der Waals surface area contributed by atoms with Crippen LogP contribution in [-0.4, -0.2) is 156 Å². The number of rotatable bonds is 16. The third-order valence-corrected chi connectivity index (χ3v) is 10.4. The number of nitrogens with one attached hydrogen (secondary N) is 2. The van der Waals surface area contributed by atoms with E-state index >= 15 is 0 Å². The Hall–Kier alpha value is -4.47. The molecule has 2 aliphatic carbocycles. The van der Waals surface area contributed by atoms with Gasteiger partial charge in [0.2, 0.25) is 5.91 Å². The molecule has 2 fully saturated rings. The van der Waals surface area contributed by atoms with E-state index in [1.54, 1.807) is 28.1 Å². The van der Waals surface area contributed by atoms with Crippen molar-refractivity contribution in [2.45, 2.75) is 116 Å². The number of carbonyl (C=O) groups is 4. The van der Waals surface area contributed by atoms with Crippen LogP contribution in [0.3, 0.4) is 0 Å². The van der Waals surface area contributed by atoms with Crippen molar-refractivity contribution >= 4 is 23.8 Å². The predicted octanol–water partition coefficient (Wildman–Crippen LogP) is 5.42. The van der Waals surface area contributed by atoms with Crippen molar-refractivity contribution in [3.05, 3.63) is 44.2 Å². The van der Waals surface area contributed by atoms with Gasteiger partial charge in [0.25, 0.3) is 0 Å². The summed E-state index contributed by atoms with van der Waals surface area (Å²) in [4.78, 5) is 52.6. The topological polar surface area (TPSA) is 269 Å². The van der Waals surface area contributed by atoms with Crippen molar-refractivity contribution in [3.8, 4) is 0 Å². The van der Waals surface area contributed by atoms with Gasteiger partial charge < -0.3 is 44.2 Å². The Balaban J connectivity index is 0.000000486. The molecule has 23 heteroatoms. The molecule has 20 nitrogen and oxygen atoms in total. The molecule has 0 saturated carbocycles. The van der Waals surface area contributed by atoms with E-state index < -0.39 is 30.2 Å². The Morgan fingerprint density at radius 1 is 0.873 bits per heavy atom. The van der Waals surface area contributed by atoms with Crippen LogP contribution in [0.4, 0.5) is 13.2 Å². The van der Waals surface area contributed by atoms with Crippen LogP contribution in [0.15, 0.2) is 33.5 Å². The SMILES string of the molecule is CCOC(=O)C1=C[C@@H](C)[C@H](C)[C@@H](N=[N+]=[N-])C1.CCOC(=O)C1=C[C@@H](N2CCC[C@H](OCCOC)C2)[C@H](NC(C)=O)[C@@H](N=[N+]=[N-])C1.COCCO[C@H]1CCCNC1.O=C(O)C(F)(F)F. The number of halogens is 3. The van der Waals surface area contributed by atoms with Crippen molar-refractivity contribution in [1.82, 2.24) is 15.5 Å². The van der Waals surface area contributed by atoms with Gasteiger partial charge in [-0.2, -0.15) is 13.2 Å². The summed E-state index contributed by atoms with van der Waals surface area (Å²) in [7, 11) is 3.33. The molecule has 3 N–H and O–H groups in total. The van der Waals surface area contributed by atoms with Crippen LogP contribution in [0.1, 0.15) is 73.1 Å². The summed E-state index contributed by atoms with van der Waals surface area (Å²) < 4.78 is 63.2. The number of piperidine rings is 2. The molecule has 0 radical (unpaired) electrons. The average molecular weight is 906 g/mol. The van der Waals surface area contributed by atoms with Crippen molar-refractivity contribution < 1.29 is 65.9 Å². The molecule has 0 aromatic heterocycles. The van der Waals surface area contributed by atoms with Crippen LogP contribution in [0.2, 0.25) is 0 Å². The number of carboxylic acid groups (broad SMARTS) is 1. The number of nitrogens with zero attached hydrogens (tertiary/aromatic N) is 7. The van der Waals surface area contributed by atoms with Crippen molar-refractivity contribution in [2.75, 3.05) is 80.0 Å². The molecule has 4 aliphatic rings. The second-order valence-corrected chi connectivity index (χ2v) is 15.0. The number of likely N-dealkylation sites (tertiary alicyclic amines) is 1. The first kappa shape index (κ1) is 56.5. The van der Waals surface area contributed by atoms with Gasteiger partial charge in [-0.25, -0.2) is 14.4 Å². The number of ether oxygens (including phenoxy) is 6. The van der Waals surface area contributed by atoms with E-state index in [1.165, 1.54) is 19.8 Å². The quantitative estimate of drug-likeness (QED) is 0.0575. The third kappa shape index (κ3) is 22.1. The van der Waals surface area contributed by atoms with Gasteiger partial charge >= 0.3 is 24.1 Å². The lowest BCUT2D eigenvalue weighted by Gasteiger charge is -2.44. The van der Waals surface area contributed by atoms with Gasteiger partial charge in [-0.3, -0.25) is 9.69 Å². The van der Waals surface area contributed by atoms with Crippen molar-refractivity contribution in [3.63, 3.8) is 0 Å². The highest BCUT2D eigenvalue weighted by Crippen LogP contribution is 2.32. The minimum absolute atomic E-state index is 0.0381. The lowest BCUT2D eigenvalue weighted by molar-refractivity contribution is -0.192. The minimum Gasteiger partial charge on any atom is -0.475 e. The molecule has 0 aromatic carbocycles. The summed E-state index contributed by atoms with van der Waals surface area (Å²) in [5.41, 5.74) is 18.6. The third-order valence-electron chi connectivity index (χ3n) is 10.4. The Morgan fingerprint density at radius 3 is 1.89 bits per heavy atom. The maximum Gasteiger partial charge on any atom is 0.490 e. The number of alkyl halides is 3. The number of allylic oxidation sites excluding steroid dienone is 1.